The minimum atomic E-state index is -0.0939. The molecule has 2 heterocycles. The first-order chi connectivity index (χ1) is 10.1. The average Bonchev–Trinajstić information content (AvgIpc) is 2.84. The zero-order chi connectivity index (χ0) is 14.9. The molecule has 1 fully saturated rings. The quantitative estimate of drug-likeness (QED) is 0.941. The Bertz CT molecular complexity index is 613. The second-order valence-corrected chi connectivity index (χ2v) is 6.07. The molecule has 0 saturated carbocycles. The number of urea groups is 1. The van der Waals surface area contributed by atoms with Crippen molar-refractivity contribution >= 4 is 17.0 Å². The molecule has 1 aliphatic rings. The first kappa shape index (κ1) is 13.9. The highest BCUT2D eigenvalue weighted by atomic mass is 16.5. The van der Waals surface area contributed by atoms with Crippen LogP contribution in [0.25, 0.3) is 11.0 Å². The van der Waals surface area contributed by atoms with E-state index in [9.17, 15) is 4.79 Å². The van der Waals surface area contributed by atoms with Crippen LogP contribution in [0.3, 0.4) is 0 Å². The molecule has 1 N–H and O–H groups in total. The summed E-state index contributed by atoms with van der Waals surface area (Å²) in [7, 11) is 1.77. The maximum absolute atomic E-state index is 12.1. The lowest BCUT2D eigenvalue weighted by Crippen LogP contribution is -2.50. The zero-order valence-corrected chi connectivity index (χ0v) is 12.4. The second-order valence-electron chi connectivity index (χ2n) is 6.07. The van der Waals surface area contributed by atoms with E-state index in [4.69, 9.17) is 9.15 Å². The largest absolute Gasteiger partial charge is 0.459 e. The first-order valence-corrected chi connectivity index (χ1v) is 7.10. The minimum absolute atomic E-state index is 0.0792. The van der Waals surface area contributed by atoms with Gasteiger partial charge in [0.1, 0.15) is 11.3 Å². The van der Waals surface area contributed by atoms with Crippen molar-refractivity contribution in [1.29, 1.82) is 0 Å². The van der Waals surface area contributed by atoms with Gasteiger partial charge < -0.3 is 19.4 Å². The Morgan fingerprint density at radius 2 is 2.14 bits per heavy atom. The van der Waals surface area contributed by atoms with Crippen molar-refractivity contribution in [2.45, 2.75) is 13.5 Å². The van der Waals surface area contributed by atoms with E-state index in [0.29, 0.717) is 26.3 Å². The van der Waals surface area contributed by atoms with Crippen LogP contribution in [0.5, 0.6) is 0 Å². The summed E-state index contributed by atoms with van der Waals surface area (Å²) in [5, 5.41) is 4.00. The molecular weight excluding hydrogens is 268 g/mol. The summed E-state index contributed by atoms with van der Waals surface area (Å²) in [5.74, 6) is 0.784. The van der Waals surface area contributed by atoms with Crippen molar-refractivity contribution in [3.8, 4) is 0 Å². The molecule has 0 bridgehead atoms. The molecule has 0 spiro atoms. The Kier molecular flexibility index (Phi) is 3.59. The molecule has 1 aromatic heterocycles. The van der Waals surface area contributed by atoms with Gasteiger partial charge in [0.05, 0.1) is 19.8 Å². The molecule has 0 radical (unpaired) electrons. The predicted molar refractivity (Wildman–Crippen MR) is 80.0 cm³/mol. The fourth-order valence-electron chi connectivity index (χ4n) is 2.40. The number of rotatable bonds is 4. The highest BCUT2D eigenvalue weighted by Crippen LogP contribution is 2.25. The molecule has 2 amide bonds. The number of hydrogen-bond donors (Lipinski definition) is 1. The van der Waals surface area contributed by atoms with E-state index in [2.05, 4.69) is 12.2 Å². The standard InChI is InChI=1S/C16H20N2O3/c1-16(10-20-11-16)9-17-15(19)18(2)8-13-7-12-5-3-4-6-14(12)21-13/h3-7H,8-11H2,1-2H3,(H,17,19). The molecule has 5 nitrogen and oxygen atoms in total. The minimum Gasteiger partial charge on any atom is -0.459 e. The lowest BCUT2D eigenvalue weighted by atomic mass is 9.89. The number of nitrogens with zero attached hydrogens (tertiary/aromatic N) is 1. The summed E-state index contributed by atoms with van der Waals surface area (Å²) < 4.78 is 10.9. The number of nitrogens with one attached hydrogen (secondary N) is 1. The van der Waals surface area contributed by atoms with E-state index in [-0.39, 0.29) is 11.4 Å². The lowest BCUT2D eigenvalue weighted by molar-refractivity contribution is -0.0978. The van der Waals surface area contributed by atoms with Crippen LogP contribution in [0.15, 0.2) is 34.7 Å². The van der Waals surface area contributed by atoms with Crippen molar-refractivity contribution in [3.05, 3.63) is 36.1 Å². The highest BCUT2D eigenvalue weighted by Gasteiger charge is 2.33. The Labute approximate surface area is 123 Å². The Morgan fingerprint density at radius 3 is 2.81 bits per heavy atom. The molecule has 3 rings (SSSR count). The van der Waals surface area contributed by atoms with Gasteiger partial charge in [0.25, 0.3) is 0 Å². The molecule has 112 valence electrons. The van der Waals surface area contributed by atoms with Crippen molar-refractivity contribution in [3.63, 3.8) is 0 Å². The van der Waals surface area contributed by atoms with Gasteiger partial charge in [0, 0.05) is 24.4 Å². The van der Waals surface area contributed by atoms with Gasteiger partial charge in [-0.3, -0.25) is 0 Å². The number of ether oxygens (including phenoxy) is 1. The van der Waals surface area contributed by atoms with Crippen molar-refractivity contribution in [2.24, 2.45) is 5.41 Å². The van der Waals surface area contributed by atoms with E-state index in [1.165, 1.54) is 0 Å². The van der Waals surface area contributed by atoms with Gasteiger partial charge in [0.15, 0.2) is 0 Å². The van der Waals surface area contributed by atoms with Crippen LogP contribution < -0.4 is 5.32 Å². The summed E-state index contributed by atoms with van der Waals surface area (Å²) in [5.41, 5.74) is 0.927. The lowest BCUT2D eigenvalue weighted by Gasteiger charge is -2.38. The Hall–Kier alpha value is -2.01. The normalized spacial score (nSPS) is 16.5. The number of fused-ring (bicyclic) bond motifs is 1. The second kappa shape index (κ2) is 5.41. The molecule has 5 heteroatoms. The van der Waals surface area contributed by atoms with Gasteiger partial charge in [-0.25, -0.2) is 4.79 Å². The van der Waals surface area contributed by atoms with Crippen molar-refractivity contribution < 1.29 is 13.9 Å². The molecule has 1 aliphatic heterocycles. The first-order valence-electron chi connectivity index (χ1n) is 7.10. The maximum atomic E-state index is 12.1. The van der Waals surface area contributed by atoms with E-state index in [1.54, 1.807) is 11.9 Å². The monoisotopic (exact) mass is 288 g/mol. The van der Waals surface area contributed by atoms with Gasteiger partial charge in [-0.05, 0) is 12.1 Å². The van der Waals surface area contributed by atoms with Crippen LogP contribution in [0.1, 0.15) is 12.7 Å². The predicted octanol–water partition coefficient (Wildman–Crippen LogP) is 2.61. The van der Waals surface area contributed by atoms with Gasteiger partial charge in [-0.2, -0.15) is 0 Å². The molecule has 21 heavy (non-hydrogen) atoms. The Balaban J connectivity index is 1.57. The van der Waals surface area contributed by atoms with E-state index in [0.717, 1.165) is 16.7 Å². The third kappa shape index (κ3) is 3.03. The summed E-state index contributed by atoms with van der Waals surface area (Å²) >= 11 is 0. The number of hydrogen-bond acceptors (Lipinski definition) is 3. The number of carbonyl (C=O) groups excluding carboxylic acids is 1. The number of para-hydroxylation sites is 1. The van der Waals surface area contributed by atoms with E-state index in [1.807, 2.05) is 30.3 Å². The van der Waals surface area contributed by atoms with Crippen molar-refractivity contribution in [2.75, 3.05) is 26.8 Å². The zero-order valence-electron chi connectivity index (χ0n) is 12.4. The number of furan rings is 1. The van der Waals surface area contributed by atoms with Gasteiger partial charge in [0.2, 0.25) is 0 Å². The SMILES string of the molecule is CN(Cc1cc2ccccc2o1)C(=O)NCC1(C)COC1. The topological polar surface area (TPSA) is 54.7 Å². The summed E-state index contributed by atoms with van der Waals surface area (Å²) in [6, 6.07) is 9.71. The van der Waals surface area contributed by atoms with Gasteiger partial charge in [-0.1, -0.05) is 25.1 Å². The third-order valence-corrected chi connectivity index (χ3v) is 3.78. The van der Waals surface area contributed by atoms with Crippen LogP contribution >= 0.6 is 0 Å². The van der Waals surface area contributed by atoms with E-state index < -0.39 is 0 Å². The fourth-order valence-corrected chi connectivity index (χ4v) is 2.40. The van der Waals surface area contributed by atoms with Gasteiger partial charge >= 0.3 is 6.03 Å². The third-order valence-electron chi connectivity index (χ3n) is 3.78. The van der Waals surface area contributed by atoms with Crippen molar-refractivity contribution in [1.82, 2.24) is 10.2 Å². The summed E-state index contributed by atoms with van der Waals surface area (Å²) in [6.07, 6.45) is 0. The molecule has 2 aromatic rings. The van der Waals surface area contributed by atoms with Gasteiger partial charge in [-0.15, -0.1) is 0 Å². The molecule has 0 unspecified atom stereocenters. The molecular formula is C16H20N2O3. The van der Waals surface area contributed by atoms with Crippen LogP contribution in [-0.4, -0.2) is 37.7 Å². The summed E-state index contributed by atoms with van der Waals surface area (Å²) in [6.45, 7) is 4.61. The van der Waals surface area contributed by atoms with Crippen LogP contribution in [0.2, 0.25) is 0 Å². The number of amides is 2. The smallest absolute Gasteiger partial charge is 0.317 e. The van der Waals surface area contributed by atoms with Crippen LogP contribution in [-0.2, 0) is 11.3 Å². The highest BCUT2D eigenvalue weighted by molar-refractivity contribution is 5.78. The van der Waals surface area contributed by atoms with Crippen LogP contribution in [0, 0.1) is 5.41 Å². The fraction of sp³-hybridized carbons (Fsp3) is 0.438. The maximum Gasteiger partial charge on any atom is 0.317 e. The van der Waals surface area contributed by atoms with E-state index >= 15 is 0 Å². The average molecular weight is 288 g/mol. The molecule has 0 atom stereocenters. The molecule has 1 aromatic carbocycles. The van der Waals surface area contributed by atoms with Crippen LogP contribution in [0.4, 0.5) is 4.79 Å². The number of carbonyl (C=O) groups is 1. The molecule has 0 aliphatic carbocycles. The number of benzene rings is 1. The molecule has 1 saturated heterocycles. The summed E-state index contributed by atoms with van der Waals surface area (Å²) in [4.78, 5) is 13.7. The Morgan fingerprint density at radius 1 is 1.38 bits per heavy atom.